The molecule has 0 unspecified atom stereocenters. The van der Waals surface area contributed by atoms with Crippen LogP contribution in [0.25, 0.3) is 6.08 Å². The van der Waals surface area contributed by atoms with E-state index in [1.54, 1.807) is 31.2 Å². The summed E-state index contributed by atoms with van der Waals surface area (Å²) >= 11 is 1.04. The highest BCUT2D eigenvalue weighted by Crippen LogP contribution is 2.38. The number of phenols is 1. The number of carbonyl (C=O) groups is 2. The first-order chi connectivity index (χ1) is 14.8. The molecule has 0 spiro atoms. The van der Waals surface area contributed by atoms with Crippen molar-refractivity contribution in [2.75, 3.05) is 13.7 Å². The van der Waals surface area contributed by atoms with Crippen molar-refractivity contribution in [2.24, 2.45) is 4.99 Å². The van der Waals surface area contributed by atoms with Crippen LogP contribution in [0.15, 0.2) is 46.3 Å². The number of ether oxygens (including phenoxy) is 2. The molecule has 0 bridgehead atoms. The number of aromatic hydroxyl groups is 1. The fraction of sp³-hybridized carbons (Fsp3) is 0.150. The fourth-order valence-corrected chi connectivity index (χ4v) is 3.47. The molecule has 1 aliphatic rings. The Kier molecular flexibility index (Phi) is 6.55. The van der Waals surface area contributed by atoms with E-state index in [2.05, 4.69) is 10.3 Å². The van der Waals surface area contributed by atoms with Gasteiger partial charge in [0, 0.05) is 6.07 Å². The third-order valence-corrected chi connectivity index (χ3v) is 4.96. The van der Waals surface area contributed by atoms with Crippen LogP contribution in [0.2, 0.25) is 0 Å². The highest BCUT2D eigenvalue weighted by molar-refractivity contribution is 8.18. The number of esters is 1. The number of rotatable bonds is 6. The van der Waals surface area contributed by atoms with E-state index in [1.807, 2.05) is 0 Å². The zero-order valence-electron chi connectivity index (χ0n) is 16.4. The summed E-state index contributed by atoms with van der Waals surface area (Å²) in [5, 5.41) is 23.9. The molecule has 0 aromatic heterocycles. The third-order valence-electron chi connectivity index (χ3n) is 4.05. The smallest absolute Gasteiger partial charge is 0.338 e. The molecule has 1 saturated heterocycles. The van der Waals surface area contributed by atoms with Gasteiger partial charge in [0.15, 0.2) is 10.9 Å². The Morgan fingerprint density at radius 1 is 1.32 bits per heavy atom. The molecule has 10 nitrogen and oxygen atoms in total. The molecule has 2 aromatic carbocycles. The van der Waals surface area contributed by atoms with Gasteiger partial charge in [-0.2, -0.15) is 0 Å². The maximum absolute atomic E-state index is 12.3. The number of hydrogen-bond acceptors (Lipinski definition) is 9. The van der Waals surface area contributed by atoms with E-state index in [0.717, 1.165) is 17.8 Å². The minimum absolute atomic E-state index is 0.0833. The van der Waals surface area contributed by atoms with Gasteiger partial charge in [0.1, 0.15) is 0 Å². The topological polar surface area (TPSA) is 140 Å². The van der Waals surface area contributed by atoms with Gasteiger partial charge in [0.2, 0.25) is 5.75 Å². The average molecular weight is 443 g/mol. The van der Waals surface area contributed by atoms with Gasteiger partial charge in [-0.15, -0.1) is 0 Å². The van der Waals surface area contributed by atoms with E-state index in [9.17, 15) is 24.8 Å². The number of hydrogen-bond donors (Lipinski definition) is 2. The van der Waals surface area contributed by atoms with Crippen molar-refractivity contribution >= 4 is 46.3 Å². The summed E-state index contributed by atoms with van der Waals surface area (Å²) in [6, 6.07) is 8.88. The molecule has 0 atom stereocenters. The van der Waals surface area contributed by atoms with Crippen molar-refractivity contribution < 1.29 is 29.1 Å². The first-order valence-electron chi connectivity index (χ1n) is 8.94. The number of thioether (sulfide) groups is 1. The number of nitrogens with one attached hydrogen (secondary N) is 1. The van der Waals surface area contributed by atoms with Crippen LogP contribution in [0.3, 0.4) is 0 Å². The highest BCUT2D eigenvalue weighted by Gasteiger charge is 2.25. The van der Waals surface area contributed by atoms with Crippen molar-refractivity contribution in [2.45, 2.75) is 6.92 Å². The molecular formula is C20H17N3O7S. The zero-order valence-corrected chi connectivity index (χ0v) is 17.3. The normalized spacial score (nSPS) is 15.7. The first-order valence-corrected chi connectivity index (χ1v) is 9.76. The van der Waals surface area contributed by atoms with Crippen LogP contribution in [-0.4, -0.2) is 40.8 Å². The van der Waals surface area contributed by atoms with Gasteiger partial charge in [-0.05, 0) is 60.7 Å². The lowest BCUT2D eigenvalue weighted by atomic mass is 10.1. The Balaban J connectivity index is 1.83. The molecule has 31 heavy (non-hydrogen) atoms. The van der Waals surface area contributed by atoms with Crippen LogP contribution in [0.5, 0.6) is 11.5 Å². The highest BCUT2D eigenvalue weighted by atomic mass is 32.2. The fourth-order valence-electron chi connectivity index (χ4n) is 2.63. The van der Waals surface area contributed by atoms with Gasteiger partial charge >= 0.3 is 11.7 Å². The van der Waals surface area contributed by atoms with Crippen LogP contribution in [0.1, 0.15) is 22.8 Å². The van der Waals surface area contributed by atoms with E-state index in [4.69, 9.17) is 9.47 Å². The Morgan fingerprint density at radius 2 is 2.03 bits per heavy atom. The first kappa shape index (κ1) is 21.8. The number of methoxy groups -OCH3 is 1. The quantitative estimate of drug-likeness (QED) is 0.300. The molecule has 1 amide bonds. The van der Waals surface area contributed by atoms with Crippen LogP contribution in [0, 0.1) is 10.1 Å². The minimum atomic E-state index is -0.742. The van der Waals surface area contributed by atoms with E-state index < -0.39 is 28.2 Å². The van der Waals surface area contributed by atoms with Crippen molar-refractivity contribution in [1.29, 1.82) is 0 Å². The lowest BCUT2D eigenvalue weighted by Crippen LogP contribution is -2.19. The predicted molar refractivity (Wildman–Crippen MR) is 115 cm³/mol. The van der Waals surface area contributed by atoms with Gasteiger partial charge in [-0.1, -0.05) is 0 Å². The molecule has 3 rings (SSSR count). The summed E-state index contributed by atoms with van der Waals surface area (Å²) in [5.41, 5.74) is 0.667. The zero-order chi connectivity index (χ0) is 22.5. The second-order valence-corrected chi connectivity index (χ2v) is 7.13. The summed E-state index contributed by atoms with van der Waals surface area (Å²) < 4.78 is 9.88. The summed E-state index contributed by atoms with van der Waals surface area (Å²) in [7, 11) is 1.27. The average Bonchev–Trinajstić information content (AvgIpc) is 3.08. The molecule has 11 heteroatoms. The lowest BCUT2D eigenvalue weighted by molar-refractivity contribution is -0.386. The molecular weight excluding hydrogens is 426 g/mol. The number of carbonyl (C=O) groups excluding carboxylic acids is 2. The summed E-state index contributed by atoms with van der Waals surface area (Å²) in [6.07, 6.45) is 1.43. The maximum atomic E-state index is 12.3. The van der Waals surface area contributed by atoms with E-state index in [0.29, 0.717) is 22.0 Å². The molecule has 2 N–H and O–H groups in total. The molecule has 0 saturated carbocycles. The van der Waals surface area contributed by atoms with Crippen molar-refractivity contribution in [3.8, 4) is 11.5 Å². The van der Waals surface area contributed by atoms with Gasteiger partial charge in [0.05, 0.1) is 34.8 Å². The Bertz CT molecular complexity index is 1110. The maximum Gasteiger partial charge on any atom is 0.338 e. The summed E-state index contributed by atoms with van der Waals surface area (Å²) in [6.45, 7) is 1.99. The Morgan fingerprint density at radius 3 is 2.65 bits per heavy atom. The van der Waals surface area contributed by atoms with E-state index in [-0.39, 0.29) is 17.3 Å². The number of amides is 1. The summed E-state index contributed by atoms with van der Waals surface area (Å²) in [5.74, 6) is -1.54. The Labute approximate surface area is 180 Å². The SMILES string of the molecule is CCOC(=O)c1ccc(N=C2NC(=O)/C(=C/c3cc(OC)c(O)c([N+](=O)[O-])c3)S2)cc1. The molecule has 1 aliphatic heterocycles. The van der Waals surface area contributed by atoms with E-state index in [1.165, 1.54) is 19.3 Å². The number of nitrogens with zero attached hydrogens (tertiary/aromatic N) is 2. The van der Waals surface area contributed by atoms with Gasteiger partial charge < -0.3 is 19.9 Å². The monoisotopic (exact) mass is 443 g/mol. The number of phenolic OH excluding ortho intramolecular Hbond substituents is 1. The number of benzene rings is 2. The molecule has 2 aromatic rings. The van der Waals surface area contributed by atoms with Crippen LogP contribution >= 0.6 is 11.8 Å². The second kappa shape index (κ2) is 9.30. The van der Waals surface area contributed by atoms with Crippen molar-refractivity contribution in [1.82, 2.24) is 5.32 Å². The standard InChI is InChI=1S/C20H17N3O7S/c1-3-30-19(26)12-4-6-13(7-5-12)21-20-22-18(25)16(31-20)10-11-8-14(23(27)28)17(24)15(9-11)29-2/h4-10,24H,3H2,1-2H3,(H,21,22,25)/b16-10-. The molecule has 160 valence electrons. The van der Waals surface area contributed by atoms with Gasteiger partial charge in [-0.25, -0.2) is 9.79 Å². The number of amidine groups is 1. The van der Waals surface area contributed by atoms with Crippen molar-refractivity contribution in [3.05, 3.63) is 62.5 Å². The second-order valence-electron chi connectivity index (χ2n) is 6.10. The predicted octanol–water partition coefficient (Wildman–Crippen LogP) is 3.38. The van der Waals surface area contributed by atoms with E-state index >= 15 is 0 Å². The number of nitro groups is 1. The van der Waals surface area contributed by atoms with Crippen molar-refractivity contribution in [3.63, 3.8) is 0 Å². The summed E-state index contributed by atoms with van der Waals surface area (Å²) in [4.78, 5) is 39.0. The van der Waals surface area contributed by atoms with Gasteiger partial charge in [-0.3, -0.25) is 14.9 Å². The minimum Gasteiger partial charge on any atom is -0.500 e. The number of nitro benzene ring substituents is 1. The Hall–Kier alpha value is -3.86. The molecule has 0 radical (unpaired) electrons. The van der Waals surface area contributed by atoms with Gasteiger partial charge in [0.25, 0.3) is 5.91 Å². The molecule has 1 fully saturated rings. The van der Waals surface area contributed by atoms with Crippen LogP contribution < -0.4 is 10.1 Å². The lowest BCUT2D eigenvalue weighted by Gasteiger charge is -2.05. The number of aliphatic imine (C=N–C) groups is 1. The van der Waals surface area contributed by atoms with Crippen LogP contribution in [-0.2, 0) is 9.53 Å². The molecule has 0 aliphatic carbocycles. The largest absolute Gasteiger partial charge is 0.500 e. The van der Waals surface area contributed by atoms with Crippen LogP contribution in [0.4, 0.5) is 11.4 Å². The third kappa shape index (κ3) is 5.01. The molecule has 1 heterocycles.